The zero-order valence-electron chi connectivity index (χ0n) is 21.6. The first-order valence-corrected chi connectivity index (χ1v) is 16.8. The normalized spacial score (nSPS) is 24.0. The molecule has 0 amide bonds. The Balaban J connectivity index is 0.000000193. The van der Waals surface area contributed by atoms with Crippen LogP contribution in [0.2, 0.25) is 0 Å². The fraction of sp³-hybridized carbons (Fsp3) is 0.333. The topological polar surface area (TPSA) is 20.3 Å². The number of nitrogens with zero attached hydrogens (tertiary/aromatic N) is 1. The van der Waals surface area contributed by atoms with E-state index >= 15 is 0 Å². The fourth-order valence-corrected chi connectivity index (χ4v) is 11.0. The van der Waals surface area contributed by atoms with Crippen LogP contribution < -0.4 is 5.30 Å². The molecule has 6 heteroatoms. The van der Waals surface area contributed by atoms with E-state index in [2.05, 4.69) is 141 Å². The number of hydrogen-bond donors (Lipinski definition) is 0. The molecule has 5 rings (SSSR count). The van der Waals surface area contributed by atoms with Crippen LogP contribution in [0.4, 0.5) is 0 Å². The molecule has 36 heavy (non-hydrogen) atoms. The summed E-state index contributed by atoms with van der Waals surface area (Å²) in [6.45, 7) is 10.4. The first-order valence-electron chi connectivity index (χ1n) is 12.1. The van der Waals surface area contributed by atoms with Crippen molar-refractivity contribution < 1.29 is 22.4 Å². The standard InChI is InChI=1S/C16H19OPS.C14H16N.ClH.Pd/c1-4-19(17)15-10-14-11(2)12(3)16(15)18(14)13-8-6-5-7-9-13;1-11(15(2)3)13-10-6-8-12-7-4-5-9-14(12)13;;/h4-9,14-16H,1,10H2,2-3H3;4-9,11H,1-3H3;1H;/q;-1;;+2/p-1/t14-,15+,16-,18+,19+;11-;;/m01../s1. The van der Waals surface area contributed by atoms with E-state index in [0.29, 0.717) is 17.4 Å². The number of rotatable bonds is 5. The SMILES string of the molecule is C=C[S@@](=O)[C@@H]1C[C@H]2C(C)=C(C)[C@@H]1[P@]2c1ccccc1.C[C@H](c1[c-]ccc2ccccc12)N(C)C.[Cl][Pd+]. The molecule has 2 bridgehead atoms. The van der Waals surface area contributed by atoms with Gasteiger partial charge in [-0.3, -0.25) is 4.21 Å². The Morgan fingerprint density at radius 2 is 1.72 bits per heavy atom. The van der Waals surface area contributed by atoms with E-state index in [1.165, 1.54) is 27.2 Å². The van der Waals surface area contributed by atoms with Gasteiger partial charge in [-0.15, -0.1) is 22.4 Å². The molecular weight excluding hydrogens is 595 g/mol. The van der Waals surface area contributed by atoms with Crippen molar-refractivity contribution in [2.75, 3.05) is 14.1 Å². The first-order chi connectivity index (χ1) is 17.3. The van der Waals surface area contributed by atoms with E-state index in [9.17, 15) is 4.21 Å². The predicted octanol–water partition coefficient (Wildman–Crippen LogP) is 7.50. The van der Waals surface area contributed by atoms with Crippen LogP contribution in [0.1, 0.15) is 38.8 Å². The molecule has 0 unspecified atom stereocenters. The number of allylic oxidation sites excluding steroid dienone is 2. The summed E-state index contributed by atoms with van der Waals surface area (Å²) >= 11 is 2.22. The number of halogens is 1. The molecule has 3 aromatic rings. The van der Waals surface area contributed by atoms with Crippen LogP contribution in [0.25, 0.3) is 10.8 Å². The average molecular weight is 631 g/mol. The summed E-state index contributed by atoms with van der Waals surface area (Å²) in [4.78, 5) is 2.21. The van der Waals surface area contributed by atoms with Crippen molar-refractivity contribution in [3.63, 3.8) is 0 Å². The maximum atomic E-state index is 12.2. The summed E-state index contributed by atoms with van der Waals surface area (Å²) in [5.74, 6) is 0. The van der Waals surface area contributed by atoms with Crippen molar-refractivity contribution >= 4 is 44.3 Å². The quantitative estimate of drug-likeness (QED) is 0.126. The molecule has 0 aromatic heterocycles. The van der Waals surface area contributed by atoms with Gasteiger partial charge < -0.3 is 4.90 Å². The van der Waals surface area contributed by atoms with Crippen LogP contribution in [0, 0.1) is 6.07 Å². The van der Waals surface area contributed by atoms with Gasteiger partial charge in [0, 0.05) is 28.2 Å². The van der Waals surface area contributed by atoms with Crippen molar-refractivity contribution in [1.29, 1.82) is 0 Å². The summed E-state index contributed by atoms with van der Waals surface area (Å²) in [5.41, 5.74) is 5.46. The molecular formula is C30H35ClNOPPdS. The summed E-state index contributed by atoms with van der Waals surface area (Å²) in [6.07, 6.45) is 1.08. The van der Waals surface area contributed by atoms with Gasteiger partial charge in [0.25, 0.3) is 0 Å². The van der Waals surface area contributed by atoms with Crippen molar-refractivity contribution in [1.82, 2.24) is 4.90 Å². The Morgan fingerprint density at radius 3 is 2.36 bits per heavy atom. The third-order valence-corrected chi connectivity index (χ3v) is 12.6. The van der Waals surface area contributed by atoms with Crippen molar-refractivity contribution in [2.24, 2.45) is 0 Å². The van der Waals surface area contributed by atoms with Gasteiger partial charge in [0.1, 0.15) is 0 Å². The minimum atomic E-state index is -0.886. The monoisotopic (exact) mass is 629 g/mol. The summed E-state index contributed by atoms with van der Waals surface area (Å²) in [7, 11) is 7.58. The average Bonchev–Trinajstić information content (AvgIpc) is 3.43. The second-order valence-electron chi connectivity index (χ2n) is 9.46. The molecule has 194 valence electrons. The van der Waals surface area contributed by atoms with Crippen LogP contribution in [0.5, 0.6) is 0 Å². The van der Waals surface area contributed by atoms with Gasteiger partial charge >= 0.3 is 27.7 Å². The van der Waals surface area contributed by atoms with Crippen LogP contribution in [0.3, 0.4) is 0 Å². The van der Waals surface area contributed by atoms with E-state index in [0.717, 1.165) is 6.42 Å². The van der Waals surface area contributed by atoms with Crippen LogP contribution in [0.15, 0.2) is 89.9 Å². The molecule has 2 nitrogen and oxygen atoms in total. The third-order valence-electron chi connectivity index (χ3n) is 7.47. The molecule has 0 spiro atoms. The third kappa shape index (κ3) is 6.13. The van der Waals surface area contributed by atoms with Crippen molar-refractivity contribution in [3.05, 3.63) is 101 Å². The second kappa shape index (κ2) is 13.6. The Labute approximate surface area is 235 Å². The molecule has 0 aliphatic carbocycles. The van der Waals surface area contributed by atoms with Gasteiger partial charge in [0.2, 0.25) is 0 Å². The molecule has 2 aliphatic rings. The zero-order chi connectivity index (χ0) is 26.4. The Bertz CT molecular complexity index is 1230. The van der Waals surface area contributed by atoms with Gasteiger partial charge in [0.15, 0.2) is 0 Å². The number of hydrogen-bond acceptors (Lipinski definition) is 2. The van der Waals surface area contributed by atoms with Crippen LogP contribution in [-0.4, -0.2) is 39.8 Å². The van der Waals surface area contributed by atoms with E-state index < -0.39 is 10.8 Å². The van der Waals surface area contributed by atoms with E-state index in [1.807, 2.05) is 6.07 Å². The first kappa shape index (κ1) is 29.4. The fourth-order valence-electron chi connectivity index (χ4n) is 5.28. The number of benzene rings is 3. The molecule has 6 atom stereocenters. The Morgan fingerprint density at radius 1 is 1.08 bits per heavy atom. The molecule has 1 fully saturated rings. The minimum absolute atomic E-state index is 0.223. The Kier molecular flexibility index (Phi) is 11.1. The van der Waals surface area contributed by atoms with Crippen molar-refractivity contribution in [3.8, 4) is 0 Å². The second-order valence-corrected chi connectivity index (χ2v) is 13.6. The Hall–Kier alpha value is -1.11. The van der Waals surface area contributed by atoms with Gasteiger partial charge in [0.05, 0.1) is 5.25 Å². The summed E-state index contributed by atoms with van der Waals surface area (Å²) in [5, 5.41) is 5.98. The van der Waals surface area contributed by atoms with Crippen LogP contribution in [-0.2, 0) is 29.0 Å². The van der Waals surface area contributed by atoms with E-state index in [1.54, 1.807) is 11.0 Å². The molecule has 0 saturated carbocycles. The predicted molar refractivity (Wildman–Crippen MR) is 156 cm³/mol. The molecule has 2 heterocycles. The van der Waals surface area contributed by atoms with Gasteiger partial charge in [-0.2, -0.15) is 18.2 Å². The molecule has 3 aromatic carbocycles. The zero-order valence-corrected chi connectivity index (χ0v) is 25.6. The molecule has 0 N–H and O–H groups in total. The summed E-state index contributed by atoms with van der Waals surface area (Å²) < 4.78 is 12.2. The van der Waals surface area contributed by atoms with Gasteiger partial charge in [-0.25, -0.2) is 0 Å². The maximum absolute atomic E-state index is 12.2. The van der Waals surface area contributed by atoms with Crippen LogP contribution >= 0.6 is 17.5 Å². The molecule has 1 saturated heterocycles. The molecule has 0 radical (unpaired) electrons. The van der Waals surface area contributed by atoms with E-state index in [4.69, 9.17) is 0 Å². The molecule has 2 aliphatic heterocycles. The van der Waals surface area contributed by atoms with Gasteiger partial charge in [-0.05, 0) is 52.0 Å². The number of fused-ring (bicyclic) bond motifs is 3. The van der Waals surface area contributed by atoms with E-state index in [-0.39, 0.29) is 13.2 Å². The van der Waals surface area contributed by atoms with Crippen molar-refractivity contribution in [2.45, 2.75) is 49.8 Å². The summed E-state index contributed by atoms with van der Waals surface area (Å²) in [6, 6.07) is 27.2. The van der Waals surface area contributed by atoms with Gasteiger partial charge in [-0.1, -0.05) is 74.2 Å².